The number of hydrogen-bond donors (Lipinski definition) is 1. The van der Waals surface area contributed by atoms with Crippen molar-refractivity contribution in [3.63, 3.8) is 0 Å². The molecule has 0 aliphatic carbocycles. The van der Waals surface area contributed by atoms with Crippen molar-refractivity contribution in [1.82, 2.24) is 9.88 Å². The first kappa shape index (κ1) is 12.5. The minimum absolute atomic E-state index is 0.884. The van der Waals surface area contributed by atoms with Gasteiger partial charge in [-0.1, -0.05) is 0 Å². The SMILES string of the molecule is COc1cc(Br)c2[nH]cc(CCN(C)C)c2c1. The molecule has 1 aromatic carbocycles. The number of nitrogens with zero attached hydrogens (tertiary/aromatic N) is 1. The molecule has 0 spiro atoms. The number of hydrogen-bond acceptors (Lipinski definition) is 2. The lowest BCUT2D eigenvalue weighted by Gasteiger charge is -2.08. The molecule has 3 nitrogen and oxygen atoms in total. The Bertz CT molecular complexity index is 519. The van der Waals surface area contributed by atoms with Gasteiger partial charge in [-0.2, -0.15) is 0 Å². The van der Waals surface area contributed by atoms with Gasteiger partial charge in [-0.05, 0) is 54.1 Å². The van der Waals surface area contributed by atoms with Crippen molar-refractivity contribution >= 4 is 26.8 Å². The van der Waals surface area contributed by atoms with Crippen LogP contribution in [0.2, 0.25) is 0 Å². The topological polar surface area (TPSA) is 28.3 Å². The van der Waals surface area contributed by atoms with Crippen LogP contribution < -0.4 is 4.74 Å². The highest BCUT2D eigenvalue weighted by Crippen LogP contribution is 2.31. The molecule has 0 saturated heterocycles. The second kappa shape index (κ2) is 5.10. The van der Waals surface area contributed by atoms with Gasteiger partial charge >= 0.3 is 0 Å². The van der Waals surface area contributed by atoms with E-state index in [9.17, 15) is 0 Å². The molecule has 0 aliphatic rings. The highest BCUT2D eigenvalue weighted by molar-refractivity contribution is 9.10. The van der Waals surface area contributed by atoms with Gasteiger partial charge in [-0.15, -0.1) is 0 Å². The van der Waals surface area contributed by atoms with Crippen LogP contribution in [0, 0.1) is 0 Å². The number of benzene rings is 1. The number of aromatic amines is 1. The Labute approximate surface area is 110 Å². The third-order valence-corrected chi connectivity index (χ3v) is 3.49. The van der Waals surface area contributed by atoms with Gasteiger partial charge in [0.25, 0.3) is 0 Å². The maximum absolute atomic E-state index is 5.30. The summed E-state index contributed by atoms with van der Waals surface area (Å²) in [5, 5.41) is 1.23. The van der Waals surface area contributed by atoms with Crippen LogP contribution in [0.3, 0.4) is 0 Å². The van der Waals surface area contributed by atoms with Gasteiger partial charge in [0, 0.05) is 22.6 Å². The number of rotatable bonds is 4. The molecule has 2 aromatic rings. The summed E-state index contributed by atoms with van der Waals surface area (Å²) in [5.41, 5.74) is 2.47. The van der Waals surface area contributed by atoms with Crippen molar-refractivity contribution in [3.8, 4) is 5.75 Å². The molecule has 0 bridgehead atoms. The van der Waals surface area contributed by atoms with Gasteiger partial charge in [-0.25, -0.2) is 0 Å². The fourth-order valence-corrected chi connectivity index (χ4v) is 2.44. The number of ether oxygens (including phenoxy) is 1. The van der Waals surface area contributed by atoms with E-state index in [0.29, 0.717) is 0 Å². The van der Waals surface area contributed by atoms with Gasteiger partial charge < -0.3 is 14.6 Å². The molecule has 92 valence electrons. The molecule has 17 heavy (non-hydrogen) atoms. The van der Waals surface area contributed by atoms with Crippen molar-refractivity contribution < 1.29 is 4.74 Å². The third kappa shape index (κ3) is 2.64. The van der Waals surface area contributed by atoms with E-state index in [1.54, 1.807) is 7.11 Å². The lowest BCUT2D eigenvalue weighted by Crippen LogP contribution is -2.14. The number of halogens is 1. The smallest absolute Gasteiger partial charge is 0.120 e. The van der Waals surface area contributed by atoms with E-state index in [-0.39, 0.29) is 0 Å². The van der Waals surface area contributed by atoms with Crippen LogP contribution in [0.25, 0.3) is 10.9 Å². The average molecular weight is 297 g/mol. The Kier molecular flexibility index (Phi) is 3.74. The molecule has 0 unspecified atom stereocenters. The number of likely N-dealkylation sites (N-methyl/N-ethyl adjacent to an activating group) is 1. The van der Waals surface area contributed by atoms with Crippen molar-refractivity contribution in [3.05, 3.63) is 28.4 Å². The molecule has 1 aromatic heterocycles. The minimum atomic E-state index is 0.884. The second-order valence-corrected chi connectivity index (χ2v) is 5.25. The summed E-state index contributed by atoms with van der Waals surface area (Å²) >= 11 is 3.56. The van der Waals surface area contributed by atoms with Crippen LogP contribution in [-0.4, -0.2) is 37.6 Å². The molecule has 0 atom stereocenters. The molecular formula is C13H17BrN2O. The standard InChI is InChI=1S/C13H17BrN2O/c1-16(2)5-4-9-8-15-13-11(9)6-10(17-3)7-12(13)14/h6-8,15H,4-5H2,1-3H3. The average Bonchev–Trinajstić information content (AvgIpc) is 2.69. The molecule has 0 amide bonds. The monoisotopic (exact) mass is 296 g/mol. The molecule has 0 radical (unpaired) electrons. The molecule has 2 rings (SSSR count). The number of methoxy groups -OCH3 is 1. The van der Waals surface area contributed by atoms with Crippen molar-refractivity contribution in [2.45, 2.75) is 6.42 Å². The first-order valence-corrected chi connectivity index (χ1v) is 6.39. The molecule has 0 aliphatic heterocycles. The first-order chi connectivity index (χ1) is 8.11. The van der Waals surface area contributed by atoms with Crippen LogP contribution in [-0.2, 0) is 6.42 Å². The summed E-state index contributed by atoms with van der Waals surface area (Å²) in [6, 6.07) is 4.07. The van der Waals surface area contributed by atoms with E-state index in [0.717, 1.165) is 28.7 Å². The van der Waals surface area contributed by atoms with Crippen molar-refractivity contribution in [2.24, 2.45) is 0 Å². The fourth-order valence-electron chi connectivity index (χ4n) is 1.89. The van der Waals surface area contributed by atoms with Crippen molar-refractivity contribution in [1.29, 1.82) is 0 Å². The minimum Gasteiger partial charge on any atom is -0.497 e. The third-order valence-electron chi connectivity index (χ3n) is 2.86. The van der Waals surface area contributed by atoms with Gasteiger partial charge in [-0.3, -0.25) is 0 Å². The number of aromatic nitrogens is 1. The Morgan fingerprint density at radius 1 is 1.35 bits per heavy atom. The zero-order valence-electron chi connectivity index (χ0n) is 10.4. The van der Waals surface area contributed by atoms with Crippen LogP contribution in [0.5, 0.6) is 5.75 Å². The predicted molar refractivity (Wildman–Crippen MR) is 74.8 cm³/mol. The Hall–Kier alpha value is -1.00. The van der Waals surface area contributed by atoms with Crippen LogP contribution in [0.15, 0.2) is 22.8 Å². The van der Waals surface area contributed by atoms with Crippen LogP contribution >= 0.6 is 15.9 Å². The molecule has 0 fully saturated rings. The Morgan fingerprint density at radius 2 is 2.12 bits per heavy atom. The molecular weight excluding hydrogens is 280 g/mol. The second-order valence-electron chi connectivity index (χ2n) is 4.40. The zero-order chi connectivity index (χ0) is 12.4. The zero-order valence-corrected chi connectivity index (χ0v) is 12.0. The van der Waals surface area contributed by atoms with E-state index in [1.807, 2.05) is 6.07 Å². The summed E-state index contributed by atoms with van der Waals surface area (Å²) in [4.78, 5) is 5.50. The molecule has 1 N–H and O–H groups in total. The van der Waals surface area contributed by atoms with E-state index in [1.165, 1.54) is 10.9 Å². The fraction of sp³-hybridized carbons (Fsp3) is 0.385. The Balaban J connectivity index is 2.40. The predicted octanol–water partition coefficient (Wildman–Crippen LogP) is 3.04. The first-order valence-electron chi connectivity index (χ1n) is 5.60. The van der Waals surface area contributed by atoms with Gasteiger partial charge in [0.15, 0.2) is 0 Å². The largest absolute Gasteiger partial charge is 0.497 e. The lowest BCUT2D eigenvalue weighted by atomic mass is 10.1. The highest BCUT2D eigenvalue weighted by Gasteiger charge is 2.09. The summed E-state index contributed by atoms with van der Waals surface area (Å²) in [5.74, 6) is 0.884. The van der Waals surface area contributed by atoms with E-state index >= 15 is 0 Å². The Morgan fingerprint density at radius 3 is 2.76 bits per heavy atom. The van der Waals surface area contributed by atoms with Crippen LogP contribution in [0.4, 0.5) is 0 Å². The summed E-state index contributed by atoms with van der Waals surface area (Å²) in [7, 11) is 5.87. The number of H-pyrrole nitrogens is 1. The normalized spacial score (nSPS) is 11.4. The summed E-state index contributed by atoms with van der Waals surface area (Å²) in [6.45, 7) is 1.04. The van der Waals surface area contributed by atoms with Gasteiger partial charge in [0.1, 0.15) is 5.75 Å². The molecule has 1 heterocycles. The number of nitrogens with one attached hydrogen (secondary N) is 1. The number of fused-ring (bicyclic) bond motifs is 1. The maximum atomic E-state index is 5.30. The maximum Gasteiger partial charge on any atom is 0.120 e. The lowest BCUT2D eigenvalue weighted by molar-refractivity contribution is 0.413. The quantitative estimate of drug-likeness (QED) is 0.939. The van der Waals surface area contributed by atoms with E-state index < -0.39 is 0 Å². The van der Waals surface area contributed by atoms with Crippen molar-refractivity contribution in [2.75, 3.05) is 27.7 Å². The van der Waals surface area contributed by atoms with Gasteiger partial charge in [0.05, 0.1) is 12.6 Å². The van der Waals surface area contributed by atoms with Gasteiger partial charge in [0.2, 0.25) is 0 Å². The van der Waals surface area contributed by atoms with Crippen LogP contribution in [0.1, 0.15) is 5.56 Å². The van der Waals surface area contributed by atoms with E-state index in [2.05, 4.69) is 52.2 Å². The molecule has 0 saturated carbocycles. The molecule has 4 heteroatoms. The summed E-state index contributed by atoms with van der Waals surface area (Å²) < 4.78 is 6.34. The summed E-state index contributed by atoms with van der Waals surface area (Å²) in [6.07, 6.45) is 3.12. The van der Waals surface area contributed by atoms with E-state index in [4.69, 9.17) is 4.74 Å². The highest BCUT2D eigenvalue weighted by atomic mass is 79.9.